The van der Waals surface area contributed by atoms with E-state index in [0.717, 1.165) is 0 Å². The van der Waals surface area contributed by atoms with Crippen molar-refractivity contribution in [3.05, 3.63) is 25.3 Å². The first-order valence-electron chi connectivity index (χ1n) is 5.84. The second-order valence-corrected chi connectivity index (χ2v) is 4.43. The number of carbonyl (C=O) groups is 2. The van der Waals surface area contributed by atoms with Crippen molar-refractivity contribution in [2.24, 2.45) is 0 Å². The predicted molar refractivity (Wildman–Crippen MR) is 71.1 cm³/mol. The van der Waals surface area contributed by atoms with Gasteiger partial charge in [-0.25, -0.2) is 0 Å². The lowest BCUT2D eigenvalue weighted by Gasteiger charge is -2.25. The van der Waals surface area contributed by atoms with Gasteiger partial charge in [-0.1, -0.05) is 13.2 Å². The number of hydrogen-bond acceptors (Lipinski definition) is 3. The summed E-state index contributed by atoms with van der Waals surface area (Å²) >= 11 is 0. The highest BCUT2D eigenvalue weighted by atomic mass is 16.5. The summed E-state index contributed by atoms with van der Waals surface area (Å²) < 4.78 is 5.35. The average Bonchev–Trinajstić information content (AvgIpc) is 2.32. The molecule has 102 valence electrons. The van der Waals surface area contributed by atoms with Crippen molar-refractivity contribution in [3.8, 4) is 0 Å². The molecule has 0 saturated heterocycles. The van der Waals surface area contributed by atoms with E-state index in [1.807, 2.05) is 13.8 Å². The molecule has 18 heavy (non-hydrogen) atoms. The first-order valence-corrected chi connectivity index (χ1v) is 5.84. The van der Waals surface area contributed by atoms with E-state index in [2.05, 4.69) is 23.8 Å². The minimum Gasteiger partial charge on any atom is -0.380 e. The lowest BCUT2D eigenvalue weighted by Crippen LogP contribution is -2.43. The minimum atomic E-state index is -0.338. The van der Waals surface area contributed by atoms with Crippen LogP contribution in [0.2, 0.25) is 0 Å². The van der Waals surface area contributed by atoms with Crippen molar-refractivity contribution in [2.75, 3.05) is 19.8 Å². The van der Waals surface area contributed by atoms with E-state index in [9.17, 15) is 9.59 Å². The third-order valence-electron chi connectivity index (χ3n) is 2.25. The second-order valence-electron chi connectivity index (χ2n) is 4.43. The number of amides is 2. The van der Waals surface area contributed by atoms with Gasteiger partial charge in [-0.2, -0.15) is 0 Å². The third kappa shape index (κ3) is 8.52. The molecule has 2 amide bonds. The Bertz CT molecular complexity index is 311. The Hall–Kier alpha value is -1.62. The Labute approximate surface area is 108 Å². The van der Waals surface area contributed by atoms with Gasteiger partial charge in [-0.05, 0) is 32.4 Å². The first-order chi connectivity index (χ1) is 8.41. The minimum absolute atomic E-state index is 0.196. The molecule has 0 rings (SSSR count). The molecule has 0 radical (unpaired) electrons. The van der Waals surface area contributed by atoms with Crippen LogP contribution < -0.4 is 10.6 Å². The van der Waals surface area contributed by atoms with Crippen LogP contribution in [-0.4, -0.2) is 37.1 Å². The fraction of sp³-hybridized carbons (Fsp3) is 0.538. The molecule has 0 saturated carbocycles. The van der Waals surface area contributed by atoms with E-state index < -0.39 is 0 Å². The SMILES string of the molecule is C=CC(=O)NCCOCCC(C)(C)NC(=O)C=C. The van der Waals surface area contributed by atoms with Crippen LogP contribution in [0.15, 0.2) is 25.3 Å². The molecule has 0 aliphatic carbocycles. The monoisotopic (exact) mass is 254 g/mol. The molecule has 0 aliphatic heterocycles. The van der Waals surface area contributed by atoms with Gasteiger partial charge in [0.1, 0.15) is 0 Å². The summed E-state index contributed by atoms with van der Waals surface area (Å²) in [6.45, 7) is 12.0. The molecular formula is C13H22N2O3. The van der Waals surface area contributed by atoms with E-state index in [1.54, 1.807) is 0 Å². The molecule has 0 bridgehead atoms. The normalized spacial score (nSPS) is 10.6. The number of hydrogen-bond donors (Lipinski definition) is 2. The number of rotatable bonds is 9. The van der Waals surface area contributed by atoms with Gasteiger partial charge in [-0.15, -0.1) is 0 Å². The smallest absolute Gasteiger partial charge is 0.243 e. The van der Waals surface area contributed by atoms with Crippen LogP contribution in [0.5, 0.6) is 0 Å². The molecule has 0 heterocycles. The summed E-state index contributed by atoms with van der Waals surface area (Å²) in [6.07, 6.45) is 3.14. The lowest BCUT2D eigenvalue weighted by molar-refractivity contribution is -0.118. The van der Waals surface area contributed by atoms with Crippen molar-refractivity contribution in [3.63, 3.8) is 0 Å². The van der Waals surface area contributed by atoms with Crippen molar-refractivity contribution in [1.82, 2.24) is 10.6 Å². The standard InChI is InChI=1S/C13H22N2O3/c1-5-11(16)14-8-10-18-9-7-13(3,4)15-12(17)6-2/h5-6H,1-2,7-10H2,3-4H3,(H,14,16)(H,15,17). The van der Waals surface area contributed by atoms with E-state index in [0.29, 0.717) is 26.2 Å². The highest BCUT2D eigenvalue weighted by molar-refractivity contribution is 5.87. The Kier molecular flexibility index (Phi) is 7.71. The summed E-state index contributed by atoms with van der Waals surface area (Å²) in [5.74, 6) is -0.407. The molecule has 5 heteroatoms. The molecular weight excluding hydrogens is 232 g/mol. The molecule has 0 aromatic carbocycles. The molecule has 2 N–H and O–H groups in total. The van der Waals surface area contributed by atoms with Crippen LogP contribution in [0.1, 0.15) is 20.3 Å². The lowest BCUT2D eigenvalue weighted by atomic mass is 10.0. The van der Waals surface area contributed by atoms with Gasteiger partial charge in [0.2, 0.25) is 11.8 Å². The van der Waals surface area contributed by atoms with Crippen LogP contribution in [-0.2, 0) is 14.3 Å². The molecule has 0 spiro atoms. The van der Waals surface area contributed by atoms with Gasteiger partial charge in [0.05, 0.1) is 6.61 Å². The summed E-state index contributed by atoms with van der Waals surface area (Å²) in [6, 6.07) is 0. The average molecular weight is 254 g/mol. The third-order valence-corrected chi connectivity index (χ3v) is 2.25. The maximum Gasteiger partial charge on any atom is 0.243 e. The topological polar surface area (TPSA) is 67.4 Å². The zero-order valence-electron chi connectivity index (χ0n) is 11.1. The van der Waals surface area contributed by atoms with E-state index in [4.69, 9.17) is 4.74 Å². The van der Waals surface area contributed by atoms with Crippen molar-refractivity contribution in [2.45, 2.75) is 25.8 Å². The largest absolute Gasteiger partial charge is 0.380 e. The number of ether oxygens (including phenoxy) is 1. The molecule has 0 aliphatic rings. The van der Waals surface area contributed by atoms with Gasteiger partial charge in [0.15, 0.2) is 0 Å². The molecule has 0 aromatic rings. The summed E-state index contributed by atoms with van der Waals surface area (Å²) in [4.78, 5) is 22.0. The van der Waals surface area contributed by atoms with Gasteiger partial charge >= 0.3 is 0 Å². The Morgan fingerprint density at radius 1 is 1.17 bits per heavy atom. The molecule has 0 fully saturated rings. The maximum atomic E-state index is 11.1. The fourth-order valence-electron chi connectivity index (χ4n) is 1.20. The summed E-state index contributed by atoms with van der Waals surface area (Å²) in [5, 5.41) is 5.41. The molecule has 0 atom stereocenters. The van der Waals surface area contributed by atoms with Crippen LogP contribution in [0.4, 0.5) is 0 Å². The maximum absolute atomic E-state index is 11.1. The first kappa shape index (κ1) is 16.4. The zero-order valence-corrected chi connectivity index (χ0v) is 11.1. The van der Waals surface area contributed by atoms with Crippen LogP contribution >= 0.6 is 0 Å². The van der Waals surface area contributed by atoms with E-state index in [-0.39, 0.29) is 17.4 Å². The van der Waals surface area contributed by atoms with Crippen molar-refractivity contribution in [1.29, 1.82) is 0 Å². The molecule has 5 nitrogen and oxygen atoms in total. The second kappa shape index (κ2) is 8.47. The van der Waals surface area contributed by atoms with Gasteiger partial charge < -0.3 is 15.4 Å². The van der Waals surface area contributed by atoms with Crippen molar-refractivity contribution < 1.29 is 14.3 Å². The van der Waals surface area contributed by atoms with Crippen LogP contribution in [0, 0.1) is 0 Å². The highest BCUT2D eigenvalue weighted by Crippen LogP contribution is 2.07. The van der Waals surface area contributed by atoms with Crippen molar-refractivity contribution >= 4 is 11.8 Å². The highest BCUT2D eigenvalue weighted by Gasteiger charge is 2.18. The molecule has 0 unspecified atom stereocenters. The van der Waals surface area contributed by atoms with Gasteiger partial charge in [0, 0.05) is 18.7 Å². The molecule has 0 aromatic heterocycles. The summed E-state index contributed by atoms with van der Waals surface area (Å²) in [7, 11) is 0. The summed E-state index contributed by atoms with van der Waals surface area (Å²) in [5.41, 5.74) is -0.338. The Morgan fingerprint density at radius 3 is 2.33 bits per heavy atom. The van der Waals surface area contributed by atoms with Gasteiger partial charge in [0.25, 0.3) is 0 Å². The van der Waals surface area contributed by atoms with Gasteiger partial charge in [-0.3, -0.25) is 9.59 Å². The Morgan fingerprint density at radius 2 is 1.78 bits per heavy atom. The predicted octanol–water partition coefficient (Wildman–Crippen LogP) is 0.776. The van der Waals surface area contributed by atoms with E-state index in [1.165, 1.54) is 12.2 Å². The fourth-order valence-corrected chi connectivity index (χ4v) is 1.20. The number of carbonyl (C=O) groups excluding carboxylic acids is 2. The number of nitrogens with one attached hydrogen (secondary N) is 2. The van der Waals surface area contributed by atoms with Crippen LogP contribution in [0.3, 0.4) is 0 Å². The van der Waals surface area contributed by atoms with E-state index >= 15 is 0 Å². The Balaban J connectivity index is 3.64. The quantitative estimate of drug-likeness (QED) is 0.472. The zero-order chi connectivity index (χ0) is 14.0. The van der Waals surface area contributed by atoms with Crippen LogP contribution in [0.25, 0.3) is 0 Å².